The van der Waals surface area contributed by atoms with Crippen LogP contribution in [-0.2, 0) is 11.3 Å². The lowest BCUT2D eigenvalue weighted by Crippen LogP contribution is -2.26. The van der Waals surface area contributed by atoms with E-state index in [-0.39, 0.29) is 0 Å². The summed E-state index contributed by atoms with van der Waals surface area (Å²) in [5.41, 5.74) is 1.85. The van der Waals surface area contributed by atoms with E-state index in [9.17, 15) is 5.21 Å². The maximum atomic E-state index is 9.55. The lowest BCUT2D eigenvalue weighted by atomic mass is 10.1. The summed E-state index contributed by atoms with van der Waals surface area (Å²) in [6.07, 6.45) is 0.829. The highest BCUT2D eigenvalue weighted by molar-refractivity contribution is 7.99. The van der Waals surface area contributed by atoms with Crippen LogP contribution in [0.2, 0.25) is 0 Å². The van der Waals surface area contributed by atoms with Gasteiger partial charge in [0.2, 0.25) is 0 Å². The number of anilines is 1. The molecule has 0 saturated heterocycles. The highest BCUT2D eigenvalue weighted by Gasteiger charge is 2.16. The molecule has 0 bridgehead atoms. The van der Waals surface area contributed by atoms with Gasteiger partial charge < -0.3 is 0 Å². The Bertz CT molecular complexity index is 545. The molecule has 0 radical (unpaired) electrons. The van der Waals surface area contributed by atoms with Gasteiger partial charge in [-0.2, -0.15) is 0 Å². The Kier molecular flexibility index (Phi) is 3.23. The lowest BCUT2D eigenvalue weighted by Gasteiger charge is -2.24. The predicted octanol–water partition coefficient (Wildman–Crippen LogP) is 3.52. The third kappa shape index (κ3) is 2.36. The topological polar surface area (TPSA) is 32.7 Å². The van der Waals surface area contributed by atoms with Gasteiger partial charge in [0.15, 0.2) is 0 Å². The largest absolute Gasteiger partial charge is 0.264 e. The Morgan fingerprint density at radius 2 is 1.89 bits per heavy atom. The molecule has 0 aliphatic carbocycles. The van der Waals surface area contributed by atoms with Gasteiger partial charge in [-0.15, -0.1) is 5.23 Å². The molecule has 2 aromatic carbocycles. The maximum absolute atomic E-state index is 9.55. The first-order valence-electron chi connectivity index (χ1n) is 5.81. The van der Waals surface area contributed by atoms with E-state index in [2.05, 4.69) is 18.2 Å². The molecule has 1 N–H and O–H groups in total. The van der Waals surface area contributed by atoms with Crippen LogP contribution in [0.1, 0.15) is 5.56 Å². The molecule has 3 rings (SSSR count). The summed E-state index contributed by atoms with van der Waals surface area (Å²) < 4.78 is 0. The highest BCUT2D eigenvalue weighted by Crippen LogP contribution is 2.33. The molecule has 0 fully saturated rings. The van der Waals surface area contributed by atoms with Crippen LogP contribution in [0.4, 0.5) is 5.69 Å². The summed E-state index contributed by atoms with van der Waals surface area (Å²) in [4.78, 5) is 7.43. The van der Waals surface area contributed by atoms with E-state index in [1.54, 1.807) is 11.8 Å². The molecule has 0 atom stereocenters. The molecule has 18 heavy (non-hydrogen) atoms. The van der Waals surface area contributed by atoms with Gasteiger partial charge in [0, 0.05) is 16.2 Å². The maximum Gasteiger partial charge on any atom is 0.0978 e. The molecule has 0 saturated carbocycles. The fourth-order valence-corrected chi connectivity index (χ4v) is 2.85. The van der Waals surface area contributed by atoms with Crippen LogP contribution >= 0.6 is 11.8 Å². The zero-order valence-electron chi connectivity index (χ0n) is 9.74. The molecule has 1 heterocycles. The number of hydrogen-bond donors (Lipinski definition) is 1. The molecule has 2 aromatic rings. The molecule has 1 aliphatic heterocycles. The van der Waals surface area contributed by atoms with E-state index in [1.807, 2.05) is 30.3 Å². The van der Waals surface area contributed by atoms with Crippen molar-refractivity contribution in [2.45, 2.75) is 16.2 Å². The molecule has 92 valence electrons. The van der Waals surface area contributed by atoms with E-state index in [1.165, 1.54) is 9.79 Å². The zero-order chi connectivity index (χ0) is 12.4. The molecular formula is C14H13NO2S. The standard InChI is InChI=1S/C14H13NO2S/c16-15-14-7-6-13(10-11(14)8-9-17-15)18-12-4-2-1-3-5-12/h1-7,10,16H,8-9H2. The molecule has 0 spiro atoms. The van der Waals surface area contributed by atoms with E-state index in [0.717, 1.165) is 22.9 Å². The van der Waals surface area contributed by atoms with Gasteiger partial charge in [-0.25, -0.2) is 4.84 Å². The summed E-state index contributed by atoms with van der Waals surface area (Å²) in [5, 5.41) is 10.4. The number of benzene rings is 2. The SMILES string of the molecule is ON1OCCc2cc(Sc3ccccc3)ccc21. The second-order valence-electron chi connectivity index (χ2n) is 4.06. The fourth-order valence-electron chi connectivity index (χ4n) is 1.95. The van der Waals surface area contributed by atoms with E-state index >= 15 is 0 Å². The predicted molar refractivity (Wildman–Crippen MR) is 70.9 cm³/mol. The third-order valence-corrected chi connectivity index (χ3v) is 3.82. The van der Waals surface area contributed by atoms with E-state index < -0.39 is 0 Å². The van der Waals surface area contributed by atoms with Crippen molar-refractivity contribution in [2.24, 2.45) is 0 Å². The summed E-state index contributed by atoms with van der Waals surface area (Å²) in [5.74, 6) is 0. The van der Waals surface area contributed by atoms with Crippen molar-refractivity contribution in [3.63, 3.8) is 0 Å². The average molecular weight is 259 g/mol. The van der Waals surface area contributed by atoms with Crippen LogP contribution in [0.15, 0.2) is 58.3 Å². The Labute approximate surface area is 110 Å². The molecule has 0 aromatic heterocycles. The Hall–Kier alpha value is -1.49. The number of hydrogen-bond acceptors (Lipinski definition) is 4. The van der Waals surface area contributed by atoms with Crippen LogP contribution < -0.4 is 5.23 Å². The van der Waals surface area contributed by atoms with Crippen LogP contribution in [0.3, 0.4) is 0 Å². The molecule has 3 nitrogen and oxygen atoms in total. The molecule has 1 aliphatic rings. The van der Waals surface area contributed by atoms with E-state index in [0.29, 0.717) is 6.61 Å². The van der Waals surface area contributed by atoms with Gasteiger partial charge >= 0.3 is 0 Å². The van der Waals surface area contributed by atoms with Gasteiger partial charge in [-0.1, -0.05) is 30.0 Å². The Morgan fingerprint density at radius 1 is 1.06 bits per heavy atom. The monoisotopic (exact) mass is 259 g/mol. The van der Waals surface area contributed by atoms with Gasteiger partial charge in [0.05, 0.1) is 12.3 Å². The van der Waals surface area contributed by atoms with Gasteiger partial charge in [-0.05, 0) is 35.9 Å². The molecule has 0 amide bonds. The molecule has 0 unspecified atom stereocenters. The second kappa shape index (κ2) is 5.02. The van der Waals surface area contributed by atoms with Crippen LogP contribution in [0.5, 0.6) is 0 Å². The Morgan fingerprint density at radius 3 is 2.72 bits per heavy atom. The molecule has 4 heteroatoms. The quantitative estimate of drug-likeness (QED) is 0.894. The average Bonchev–Trinajstić information content (AvgIpc) is 2.40. The summed E-state index contributed by atoms with van der Waals surface area (Å²) in [6.45, 7) is 0.517. The lowest BCUT2D eigenvalue weighted by molar-refractivity contribution is -0.0473. The van der Waals surface area contributed by atoms with Crippen LogP contribution in [-0.4, -0.2) is 11.8 Å². The summed E-state index contributed by atoms with van der Waals surface area (Å²) in [7, 11) is 0. The molecular weight excluding hydrogens is 246 g/mol. The van der Waals surface area contributed by atoms with Crippen LogP contribution in [0, 0.1) is 0 Å². The zero-order valence-corrected chi connectivity index (χ0v) is 10.6. The fraction of sp³-hybridized carbons (Fsp3) is 0.143. The first-order chi connectivity index (χ1) is 8.83. The van der Waals surface area contributed by atoms with Crippen molar-refractivity contribution in [3.05, 3.63) is 54.1 Å². The van der Waals surface area contributed by atoms with Crippen molar-refractivity contribution in [1.29, 1.82) is 0 Å². The Balaban J connectivity index is 1.86. The van der Waals surface area contributed by atoms with Crippen molar-refractivity contribution >= 4 is 17.4 Å². The first kappa shape index (κ1) is 11.6. The summed E-state index contributed by atoms with van der Waals surface area (Å²) >= 11 is 1.72. The van der Waals surface area contributed by atoms with Crippen molar-refractivity contribution in [2.75, 3.05) is 11.8 Å². The third-order valence-electron chi connectivity index (χ3n) is 2.82. The van der Waals surface area contributed by atoms with Crippen molar-refractivity contribution in [1.82, 2.24) is 0 Å². The van der Waals surface area contributed by atoms with Gasteiger partial charge in [0.25, 0.3) is 0 Å². The van der Waals surface area contributed by atoms with Gasteiger partial charge in [-0.3, -0.25) is 5.21 Å². The minimum Gasteiger partial charge on any atom is -0.264 e. The van der Waals surface area contributed by atoms with E-state index in [4.69, 9.17) is 4.84 Å². The normalized spacial score (nSPS) is 14.4. The van der Waals surface area contributed by atoms with Gasteiger partial charge in [0.1, 0.15) is 0 Å². The smallest absolute Gasteiger partial charge is 0.0978 e. The highest BCUT2D eigenvalue weighted by atomic mass is 32.2. The first-order valence-corrected chi connectivity index (χ1v) is 6.62. The number of fused-ring (bicyclic) bond motifs is 1. The summed E-state index contributed by atoms with van der Waals surface area (Å²) in [6, 6.07) is 16.2. The minimum absolute atomic E-state index is 0.517. The van der Waals surface area contributed by atoms with Crippen molar-refractivity contribution < 1.29 is 10.0 Å². The number of rotatable bonds is 2. The second-order valence-corrected chi connectivity index (χ2v) is 5.21. The number of nitrogens with zero attached hydrogens (tertiary/aromatic N) is 1. The minimum atomic E-state index is 0.517. The van der Waals surface area contributed by atoms with Crippen molar-refractivity contribution in [3.8, 4) is 0 Å². The van der Waals surface area contributed by atoms with Crippen LogP contribution in [0.25, 0.3) is 0 Å².